The minimum atomic E-state index is -0.0962. The summed E-state index contributed by atoms with van der Waals surface area (Å²) >= 11 is 0. The van der Waals surface area contributed by atoms with Crippen LogP contribution in [0.1, 0.15) is 23.7 Å². The van der Waals surface area contributed by atoms with E-state index >= 15 is 0 Å². The molecule has 1 aromatic carbocycles. The van der Waals surface area contributed by atoms with Crippen LogP contribution in [0.4, 0.5) is 0 Å². The number of ether oxygens (including phenoxy) is 2. The van der Waals surface area contributed by atoms with E-state index in [4.69, 9.17) is 9.47 Å². The summed E-state index contributed by atoms with van der Waals surface area (Å²) in [7, 11) is 0. The van der Waals surface area contributed by atoms with Crippen molar-refractivity contribution in [1.29, 1.82) is 0 Å². The molecular weight excluding hydrogens is 256 g/mol. The summed E-state index contributed by atoms with van der Waals surface area (Å²) in [4.78, 5) is 12.1. The van der Waals surface area contributed by atoms with E-state index in [0.29, 0.717) is 25.3 Å². The van der Waals surface area contributed by atoms with E-state index in [1.807, 2.05) is 12.1 Å². The second-order valence-electron chi connectivity index (χ2n) is 4.78. The molecule has 5 heteroatoms. The van der Waals surface area contributed by atoms with Gasteiger partial charge in [-0.3, -0.25) is 4.79 Å². The highest BCUT2D eigenvalue weighted by molar-refractivity contribution is 5.94. The fourth-order valence-electron chi connectivity index (χ4n) is 2.01. The van der Waals surface area contributed by atoms with Crippen LogP contribution in [0, 0.1) is 0 Å². The molecule has 20 heavy (non-hydrogen) atoms. The lowest BCUT2D eigenvalue weighted by Gasteiger charge is -2.23. The Labute approximate surface area is 119 Å². The molecule has 2 N–H and O–H groups in total. The van der Waals surface area contributed by atoms with Gasteiger partial charge in [0.15, 0.2) is 0 Å². The van der Waals surface area contributed by atoms with Crippen molar-refractivity contribution in [2.45, 2.75) is 19.4 Å². The highest BCUT2D eigenvalue weighted by Gasteiger charge is 2.15. The van der Waals surface area contributed by atoms with Crippen molar-refractivity contribution in [3.8, 4) is 5.75 Å². The number of morpholine rings is 1. The summed E-state index contributed by atoms with van der Waals surface area (Å²) in [6, 6.07) is 7.25. The smallest absolute Gasteiger partial charge is 0.251 e. The Hall–Kier alpha value is -1.59. The van der Waals surface area contributed by atoms with E-state index in [0.717, 1.165) is 25.3 Å². The summed E-state index contributed by atoms with van der Waals surface area (Å²) in [6.07, 6.45) is 0.995. The molecule has 5 nitrogen and oxygen atoms in total. The number of hydrogen-bond donors (Lipinski definition) is 2. The topological polar surface area (TPSA) is 59.6 Å². The van der Waals surface area contributed by atoms with Crippen LogP contribution in [0.2, 0.25) is 0 Å². The largest absolute Gasteiger partial charge is 0.494 e. The first-order valence-corrected chi connectivity index (χ1v) is 7.13. The van der Waals surface area contributed by atoms with Gasteiger partial charge in [-0.15, -0.1) is 0 Å². The predicted molar refractivity (Wildman–Crippen MR) is 77.2 cm³/mol. The second-order valence-corrected chi connectivity index (χ2v) is 4.78. The van der Waals surface area contributed by atoms with E-state index in [9.17, 15) is 4.79 Å². The first-order chi connectivity index (χ1) is 9.79. The zero-order valence-corrected chi connectivity index (χ0v) is 11.9. The van der Waals surface area contributed by atoms with Gasteiger partial charge < -0.3 is 20.1 Å². The van der Waals surface area contributed by atoms with E-state index < -0.39 is 0 Å². The minimum Gasteiger partial charge on any atom is -0.494 e. The van der Waals surface area contributed by atoms with Crippen LogP contribution in [0.25, 0.3) is 0 Å². The second kappa shape index (κ2) is 7.87. The van der Waals surface area contributed by atoms with Crippen molar-refractivity contribution in [2.75, 3.05) is 32.8 Å². The van der Waals surface area contributed by atoms with Crippen LogP contribution >= 0.6 is 0 Å². The first-order valence-electron chi connectivity index (χ1n) is 7.13. The van der Waals surface area contributed by atoms with E-state index in [-0.39, 0.29) is 12.0 Å². The molecule has 2 rings (SSSR count). The lowest BCUT2D eigenvalue weighted by molar-refractivity contribution is 0.0287. The fourth-order valence-corrected chi connectivity index (χ4v) is 2.01. The Morgan fingerprint density at radius 3 is 3.20 bits per heavy atom. The molecule has 0 radical (unpaired) electrons. The average molecular weight is 278 g/mol. The monoisotopic (exact) mass is 278 g/mol. The Morgan fingerprint density at radius 2 is 2.45 bits per heavy atom. The van der Waals surface area contributed by atoms with Crippen molar-refractivity contribution in [2.24, 2.45) is 0 Å². The highest BCUT2D eigenvalue weighted by Crippen LogP contribution is 2.13. The summed E-state index contributed by atoms with van der Waals surface area (Å²) in [5, 5.41) is 6.13. The minimum absolute atomic E-state index is 0.0484. The molecule has 110 valence electrons. The Bertz CT molecular complexity index is 431. The quantitative estimate of drug-likeness (QED) is 0.821. The van der Waals surface area contributed by atoms with Gasteiger partial charge in [-0.1, -0.05) is 13.0 Å². The molecule has 1 atom stereocenters. The molecule has 0 aromatic heterocycles. The average Bonchev–Trinajstić information content (AvgIpc) is 2.52. The fraction of sp³-hybridized carbons (Fsp3) is 0.533. The third kappa shape index (κ3) is 4.51. The number of amides is 1. The van der Waals surface area contributed by atoms with Crippen molar-refractivity contribution in [3.63, 3.8) is 0 Å². The van der Waals surface area contributed by atoms with Crippen LogP contribution in [0.3, 0.4) is 0 Å². The maximum absolute atomic E-state index is 12.1. The van der Waals surface area contributed by atoms with Crippen LogP contribution < -0.4 is 15.4 Å². The Kier molecular flexibility index (Phi) is 5.83. The molecule has 1 unspecified atom stereocenters. The van der Waals surface area contributed by atoms with Gasteiger partial charge in [-0.05, 0) is 24.6 Å². The number of benzene rings is 1. The molecule has 0 aliphatic carbocycles. The van der Waals surface area contributed by atoms with Gasteiger partial charge in [0.1, 0.15) is 5.75 Å². The number of rotatable bonds is 6. The molecule has 1 saturated heterocycles. The number of carbonyl (C=O) groups is 1. The third-order valence-electron chi connectivity index (χ3n) is 3.06. The van der Waals surface area contributed by atoms with Gasteiger partial charge in [0.25, 0.3) is 5.91 Å². The summed E-state index contributed by atoms with van der Waals surface area (Å²) < 4.78 is 11.1. The molecule has 0 bridgehead atoms. The van der Waals surface area contributed by atoms with Crippen molar-refractivity contribution in [1.82, 2.24) is 10.6 Å². The van der Waals surface area contributed by atoms with Gasteiger partial charge in [0.05, 0.1) is 19.3 Å². The number of carbonyl (C=O) groups excluding carboxylic acids is 1. The SMILES string of the molecule is CCCOc1cccc(C(=O)NCC2CNCCO2)c1. The van der Waals surface area contributed by atoms with Crippen molar-refractivity contribution < 1.29 is 14.3 Å². The zero-order valence-electron chi connectivity index (χ0n) is 11.9. The standard InChI is InChI=1S/C15H22N2O3/c1-2-7-19-13-5-3-4-12(9-13)15(18)17-11-14-10-16-6-8-20-14/h3-5,9,14,16H,2,6-8,10-11H2,1H3,(H,17,18). The van der Waals surface area contributed by atoms with Gasteiger partial charge >= 0.3 is 0 Å². The van der Waals surface area contributed by atoms with E-state index in [1.165, 1.54) is 0 Å². The molecule has 1 aliphatic heterocycles. The van der Waals surface area contributed by atoms with E-state index in [1.54, 1.807) is 12.1 Å². The molecule has 1 aliphatic rings. The normalized spacial score (nSPS) is 18.6. The summed E-state index contributed by atoms with van der Waals surface area (Å²) in [6.45, 7) is 5.58. The molecule has 1 amide bonds. The Morgan fingerprint density at radius 1 is 1.55 bits per heavy atom. The van der Waals surface area contributed by atoms with Gasteiger partial charge in [-0.2, -0.15) is 0 Å². The molecule has 1 fully saturated rings. The van der Waals surface area contributed by atoms with Crippen molar-refractivity contribution in [3.05, 3.63) is 29.8 Å². The van der Waals surface area contributed by atoms with Gasteiger partial charge in [-0.25, -0.2) is 0 Å². The predicted octanol–water partition coefficient (Wildman–Crippen LogP) is 1.19. The molecular formula is C15H22N2O3. The first kappa shape index (κ1) is 14.8. The lowest BCUT2D eigenvalue weighted by Crippen LogP contribution is -2.45. The molecule has 1 aromatic rings. The van der Waals surface area contributed by atoms with Crippen LogP contribution in [-0.2, 0) is 4.74 Å². The Balaban J connectivity index is 1.84. The van der Waals surface area contributed by atoms with Crippen LogP contribution in [0.15, 0.2) is 24.3 Å². The van der Waals surface area contributed by atoms with E-state index in [2.05, 4.69) is 17.6 Å². The summed E-state index contributed by atoms with van der Waals surface area (Å²) in [5.41, 5.74) is 0.613. The highest BCUT2D eigenvalue weighted by atomic mass is 16.5. The molecule has 0 saturated carbocycles. The molecule has 1 heterocycles. The van der Waals surface area contributed by atoms with Gasteiger partial charge in [0, 0.05) is 25.2 Å². The number of hydrogen-bond acceptors (Lipinski definition) is 4. The van der Waals surface area contributed by atoms with Gasteiger partial charge in [0.2, 0.25) is 0 Å². The molecule has 0 spiro atoms. The zero-order chi connectivity index (χ0) is 14.2. The maximum atomic E-state index is 12.1. The number of nitrogens with one attached hydrogen (secondary N) is 2. The third-order valence-corrected chi connectivity index (χ3v) is 3.06. The lowest BCUT2D eigenvalue weighted by atomic mass is 10.2. The van der Waals surface area contributed by atoms with Crippen LogP contribution in [-0.4, -0.2) is 44.9 Å². The summed E-state index contributed by atoms with van der Waals surface area (Å²) in [5.74, 6) is 0.635. The maximum Gasteiger partial charge on any atom is 0.251 e. The van der Waals surface area contributed by atoms with Crippen LogP contribution in [0.5, 0.6) is 5.75 Å². The van der Waals surface area contributed by atoms with Crippen molar-refractivity contribution >= 4 is 5.91 Å².